The van der Waals surface area contributed by atoms with Gasteiger partial charge in [-0.2, -0.15) is 4.98 Å². The third kappa shape index (κ3) is 1.99. The molecule has 0 radical (unpaired) electrons. The summed E-state index contributed by atoms with van der Waals surface area (Å²) in [5.41, 5.74) is 5.87. The Bertz CT molecular complexity index is 530. The van der Waals surface area contributed by atoms with Gasteiger partial charge in [0.2, 0.25) is 0 Å². The van der Waals surface area contributed by atoms with Gasteiger partial charge in [-0.05, 0) is 25.0 Å². The molecular formula is C11H12ClN3OS. The first kappa shape index (κ1) is 11.2. The van der Waals surface area contributed by atoms with E-state index >= 15 is 0 Å². The molecule has 0 aromatic carbocycles. The van der Waals surface area contributed by atoms with Crippen LogP contribution in [-0.2, 0) is 5.54 Å². The minimum Gasteiger partial charge on any atom is -0.333 e. The van der Waals surface area contributed by atoms with E-state index < -0.39 is 5.54 Å². The molecule has 2 aromatic rings. The van der Waals surface area contributed by atoms with Crippen molar-refractivity contribution in [3.63, 3.8) is 0 Å². The normalized spacial score (nSPS) is 18.7. The van der Waals surface area contributed by atoms with E-state index in [-0.39, 0.29) is 0 Å². The van der Waals surface area contributed by atoms with Crippen molar-refractivity contribution in [3.05, 3.63) is 22.3 Å². The molecule has 2 N–H and O–H groups in total. The molecular weight excluding hydrogens is 258 g/mol. The van der Waals surface area contributed by atoms with Crippen molar-refractivity contribution in [2.45, 2.75) is 31.2 Å². The fourth-order valence-corrected chi connectivity index (χ4v) is 3.15. The van der Waals surface area contributed by atoms with Crippen LogP contribution in [0.3, 0.4) is 0 Å². The van der Waals surface area contributed by atoms with Crippen LogP contribution in [0.1, 0.15) is 31.5 Å². The minimum atomic E-state index is -0.400. The van der Waals surface area contributed by atoms with Crippen LogP contribution in [0, 0.1) is 0 Å². The molecule has 90 valence electrons. The molecule has 1 aliphatic carbocycles. The summed E-state index contributed by atoms with van der Waals surface area (Å²) in [4.78, 5) is 5.28. The maximum Gasteiger partial charge on any atom is 0.268 e. The van der Waals surface area contributed by atoms with Crippen LogP contribution in [0.4, 0.5) is 0 Å². The van der Waals surface area contributed by atoms with Gasteiger partial charge in [0.25, 0.3) is 5.89 Å². The van der Waals surface area contributed by atoms with Crippen molar-refractivity contribution in [2.75, 3.05) is 0 Å². The summed E-state index contributed by atoms with van der Waals surface area (Å²) in [5.74, 6) is 1.13. The molecule has 17 heavy (non-hydrogen) atoms. The van der Waals surface area contributed by atoms with Gasteiger partial charge in [0, 0.05) is 0 Å². The average Bonchev–Trinajstić information content (AvgIpc) is 2.96. The second-order valence-electron chi connectivity index (χ2n) is 4.39. The van der Waals surface area contributed by atoms with Gasteiger partial charge in [-0.15, -0.1) is 11.3 Å². The van der Waals surface area contributed by atoms with Gasteiger partial charge in [-0.3, -0.25) is 0 Å². The summed E-state index contributed by atoms with van der Waals surface area (Å²) < 4.78 is 5.96. The molecule has 4 nitrogen and oxygen atoms in total. The molecule has 6 heteroatoms. The van der Waals surface area contributed by atoms with Crippen LogP contribution >= 0.6 is 22.9 Å². The van der Waals surface area contributed by atoms with Crippen molar-refractivity contribution in [2.24, 2.45) is 5.73 Å². The second-order valence-corrected chi connectivity index (χ2v) is 6.11. The molecule has 0 unspecified atom stereocenters. The summed E-state index contributed by atoms with van der Waals surface area (Å²) in [6.07, 6.45) is 4.12. The monoisotopic (exact) mass is 269 g/mol. The number of nitrogens with zero attached hydrogens (tertiary/aromatic N) is 2. The van der Waals surface area contributed by atoms with Crippen LogP contribution < -0.4 is 5.73 Å². The molecule has 1 saturated carbocycles. The van der Waals surface area contributed by atoms with E-state index in [4.69, 9.17) is 21.9 Å². The Kier molecular flexibility index (Phi) is 2.69. The molecule has 2 aromatic heterocycles. The summed E-state index contributed by atoms with van der Waals surface area (Å²) in [6.45, 7) is 0. The average molecular weight is 270 g/mol. The van der Waals surface area contributed by atoms with Crippen LogP contribution in [0.25, 0.3) is 10.8 Å². The Morgan fingerprint density at radius 3 is 2.76 bits per heavy atom. The second kappa shape index (κ2) is 4.08. The summed E-state index contributed by atoms with van der Waals surface area (Å²) in [6, 6.07) is 3.70. The van der Waals surface area contributed by atoms with Gasteiger partial charge in [-0.25, -0.2) is 0 Å². The Labute approximate surface area is 108 Å². The lowest BCUT2D eigenvalue weighted by Crippen LogP contribution is -2.34. The predicted molar refractivity (Wildman–Crippen MR) is 67.0 cm³/mol. The molecule has 0 amide bonds. The standard InChI is InChI=1S/C11H12ClN3OS/c12-8-4-3-7(17-8)9-14-10(15-16-9)11(13)5-1-2-6-11/h3-4H,1-2,5-6,13H2. The fraction of sp³-hybridized carbons (Fsp3) is 0.455. The van der Waals surface area contributed by atoms with Gasteiger partial charge < -0.3 is 10.3 Å². The highest BCUT2D eigenvalue weighted by Crippen LogP contribution is 2.36. The van der Waals surface area contributed by atoms with E-state index in [0.717, 1.165) is 30.6 Å². The van der Waals surface area contributed by atoms with Gasteiger partial charge in [0.1, 0.15) is 0 Å². The number of hydrogen-bond donors (Lipinski definition) is 1. The third-order valence-corrected chi connectivity index (χ3v) is 4.37. The Morgan fingerprint density at radius 1 is 1.35 bits per heavy atom. The number of thiophene rings is 1. The molecule has 0 bridgehead atoms. The fourth-order valence-electron chi connectivity index (χ4n) is 2.18. The first-order valence-electron chi connectivity index (χ1n) is 5.56. The van der Waals surface area contributed by atoms with E-state index in [0.29, 0.717) is 16.1 Å². The molecule has 0 spiro atoms. The quantitative estimate of drug-likeness (QED) is 0.909. The van der Waals surface area contributed by atoms with Crippen LogP contribution in [0.2, 0.25) is 4.34 Å². The Hall–Kier alpha value is -0.910. The number of aromatic nitrogens is 2. The van der Waals surface area contributed by atoms with Crippen LogP contribution in [0.15, 0.2) is 16.7 Å². The summed E-state index contributed by atoms with van der Waals surface area (Å²) >= 11 is 7.30. The van der Waals surface area contributed by atoms with Crippen LogP contribution in [-0.4, -0.2) is 10.1 Å². The maximum absolute atomic E-state index is 6.27. The van der Waals surface area contributed by atoms with Crippen molar-refractivity contribution in [1.29, 1.82) is 0 Å². The van der Waals surface area contributed by atoms with Crippen molar-refractivity contribution >= 4 is 22.9 Å². The molecule has 0 saturated heterocycles. The zero-order valence-corrected chi connectivity index (χ0v) is 10.7. The molecule has 0 aliphatic heterocycles. The van der Waals surface area contributed by atoms with Crippen molar-refractivity contribution in [1.82, 2.24) is 10.1 Å². The Balaban J connectivity index is 1.92. The molecule has 3 rings (SSSR count). The molecule has 1 aliphatic rings. The predicted octanol–water partition coefficient (Wildman–Crippen LogP) is 3.18. The SMILES string of the molecule is NC1(c2noc(-c3ccc(Cl)s3)n2)CCCC1. The van der Waals surface area contributed by atoms with E-state index in [1.165, 1.54) is 11.3 Å². The summed E-state index contributed by atoms with van der Waals surface area (Å²) in [7, 11) is 0. The maximum atomic E-state index is 6.27. The first-order chi connectivity index (χ1) is 8.17. The van der Waals surface area contributed by atoms with Gasteiger partial charge >= 0.3 is 0 Å². The van der Waals surface area contributed by atoms with E-state index in [1.807, 2.05) is 12.1 Å². The number of nitrogens with two attached hydrogens (primary N) is 1. The Morgan fingerprint density at radius 2 is 2.12 bits per heavy atom. The van der Waals surface area contributed by atoms with E-state index in [1.54, 1.807) is 0 Å². The number of hydrogen-bond acceptors (Lipinski definition) is 5. The van der Waals surface area contributed by atoms with E-state index in [2.05, 4.69) is 10.1 Å². The molecule has 0 atom stereocenters. The first-order valence-corrected chi connectivity index (χ1v) is 6.76. The highest BCUT2D eigenvalue weighted by molar-refractivity contribution is 7.19. The minimum absolute atomic E-state index is 0.400. The highest BCUT2D eigenvalue weighted by Gasteiger charge is 2.36. The third-order valence-electron chi connectivity index (χ3n) is 3.15. The van der Waals surface area contributed by atoms with E-state index in [9.17, 15) is 0 Å². The van der Waals surface area contributed by atoms with Gasteiger partial charge in [0.15, 0.2) is 5.82 Å². The summed E-state index contributed by atoms with van der Waals surface area (Å²) in [5, 5.41) is 4.01. The van der Waals surface area contributed by atoms with Gasteiger partial charge in [-0.1, -0.05) is 29.6 Å². The van der Waals surface area contributed by atoms with Crippen molar-refractivity contribution in [3.8, 4) is 10.8 Å². The largest absolute Gasteiger partial charge is 0.333 e. The topological polar surface area (TPSA) is 64.9 Å². The van der Waals surface area contributed by atoms with Crippen LogP contribution in [0.5, 0.6) is 0 Å². The molecule has 1 fully saturated rings. The smallest absolute Gasteiger partial charge is 0.268 e. The van der Waals surface area contributed by atoms with Crippen molar-refractivity contribution < 1.29 is 4.52 Å². The number of rotatable bonds is 2. The lowest BCUT2D eigenvalue weighted by Gasteiger charge is -2.17. The highest BCUT2D eigenvalue weighted by atomic mass is 35.5. The van der Waals surface area contributed by atoms with Gasteiger partial charge in [0.05, 0.1) is 14.8 Å². The zero-order chi connectivity index (χ0) is 11.9. The molecule has 2 heterocycles. The number of halogens is 1. The lowest BCUT2D eigenvalue weighted by atomic mass is 9.99. The lowest BCUT2D eigenvalue weighted by molar-refractivity contribution is 0.373. The zero-order valence-electron chi connectivity index (χ0n) is 9.15.